The lowest BCUT2D eigenvalue weighted by Crippen LogP contribution is -2.38. The molecule has 1 fully saturated rings. The maximum absolute atomic E-state index is 12.3. The highest BCUT2D eigenvalue weighted by molar-refractivity contribution is 5.97. The number of benzene rings is 1. The number of aliphatic hydroxyl groups excluding tert-OH is 1. The first-order chi connectivity index (χ1) is 10.0. The quantitative estimate of drug-likeness (QED) is 0.767. The SMILES string of the molecule is Cn1c(=O)[nH]c2cc(C(=O)NC3CCC(O)CC3)ccc21. The van der Waals surface area contributed by atoms with Crippen LogP contribution in [0.5, 0.6) is 0 Å². The summed E-state index contributed by atoms with van der Waals surface area (Å²) in [5, 5.41) is 12.5. The van der Waals surface area contributed by atoms with Crippen molar-refractivity contribution in [1.29, 1.82) is 0 Å². The van der Waals surface area contributed by atoms with Crippen molar-refractivity contribution in [1.82, 2.24) is 14.9 Å². The predicted molar refractivity (Wildman–Crippen MR) is 79.3 cm³/mol. The minimum Gasteiger partial charge on any atom is -0.393 e. The van der Waals surface area contributed by atoms with Crippen molar-refractivity contribution in [2.75, 3.05) is 0 Å². The summed E-state index contributed by atoms with van der Waals surface area (Å²) in [5.41, 5.74) is 1.78. The zero-order valence-corrected chi connectivity index (χ0v) is 11.9. The number of aryl methyl sites for hydroxylation is 1. The van der Waals surface area contributed by atoms with E-state index >= 15 is 0 Å². The number of hydrogen-bond donors (Lipinski definition) is 3. The van der Waals surface area contributed by atoms with Crippen LogP contribution in [-0.4, -0.2) is 32.7 Å². The molecule has 0 saturated heterocycles. The van der Waals surface area contributed by atoms with Gasteiger partial charge < -0.3 is 15.4 Å². The van der Waals surface area contributed by atoms with Gasteiger partial charge in [0.2, 0.25) is 0 Å². The molecule has 112 valence electrons. The highest BCUT2D eigenvalue weighted by Crippen LogP contribution is 2.19. The third-order valence-electron chi connectivity index (χ3n) is 4.20. The van der Waals surface area contributed by atoms with Gasteiger partial charge in [0, 0.05) is 18.7 Å². The Morgan fingerprint density at radius 1 is 1.33 bits per heavy atom. The van der Waals surface area contributed by atoms with Gasteiger partial charge in [-0.05, 0) is 43.9 Å². The summed E-state index contributed by atoms with van der Waals surface area (Å²) >= 11 is 0. The van der Waals surface area contributed by atoms with E-state index in [1.807, 2.05) is 0 Å². The Labute approximate surface area is 121 Å². The van der Waals surface area contributed by atoms with Gasteiger partial charge >= 0.3 is 5.69 Å². The largest absolute Gasteiger partial charge is 0.393 e. The molecular formula is C15H19N3O3. The highest BCUT2D eigenvalue weighted by atomic mass is 16.3. The second-order valence-electron chi connectivity index (χ2n) is 5.70. The molecule has 0 unspecified atom stereocenters. The average Bonchev–Trinajstić information content (AvgIpc) is 2.76. The van der Waals surface area contributed by atoms with Crippen LogP contribution < -0.4 is 11.0 Å². The lowest BCUT2D eigenvalue weighted by atomic mass is 9.93. The number of amides is 1. The van der Waals surface area contributed by atoms with Gasteiger partial charge in [-0.3, -0.25) is 9.36 Å². The van der Waals surface area contributed by atoms with E-state index in [4.69, 9.17) is 0 Å². The molecule has 1 amide bonds. The Morgan fingerprint density at radius 2 is 2.05 bits per heavy atom. The summed E-state index contributed by atoms with van der Waals surface area (Å²) in [5.74, 6) is -0.136. The third-order valence-corrected chi connectivity index (χ3v) is 4.20. The molecule has 1 aliphatic carbocycles. The number of aromatic nitrogens is 2. The first-order valence-corrected chi connectivity index (χ1v) is 7.22. The van der Waals surface area contributed by atoms with E-state index in [0.29, 0.717) is 11.1 Å². The van der Waals surface area contributed by atoms with Crippen LogP contribution >= 0.6 is 0 Å². The number of hydrogen-bond acceptors (Lipinski definition) is 3. The summed E-state index contributed by atoms with van der Waals surface area (Å²) in [6.07, 6.45) is 2.84. The van der Waals surface area contributed by atoms with Crippen molar-refractivity contribution >= 4 is 16.9 Å². The van der Waals surface area contributed by atoms with Crippen molar-refractivity contribution in [2.45, 2.75) is 37.8 Å². The molecule has 0 spiro atoms. The van der Waals surface area contributed by atoms with Gasteiger partial charge in [-0.1, -0.05) is 0 Å². The number of aliphatic hydroxyl groups is 1. The molecule has 6 nitrogen and oxygen atoms in total. The van der Waals surface area contributed by atoms with Gasteiger partial charge in [0.15, 0.2) is 0 Å². The molecule has 0 bridgehead atoms. The average molecular weight is 289 g/mol. The maximum Gasteiger partial charge on any atom is 0.326 e. The van der Waals surface area contributed by atoms with Crippen molar-refractivity contribution < 1.29 is 9.90 Å². The lowest BCUT2D eigenvalue weighted by molar-refractivity contribution is 0.0868. The number of rotatable bonds is 2. The molecule has 1 aromatic carbocycles. The normalized spacial score (nSPS) is 22.4. The smallest absolute Gasteiger partial charge is 0.326 e. The van der Waals surface area contributed by atoms with Gasteiger partial charge in [-0.2, -0.15) is 0 Å². The molecule has 2 aromatic rings. The molecular weight excluding hydrogens is 270 g/mol. The van der Waals surface area contributed by atoms with Crippen LogP contribution in [0.3, 0.4) is 0 Å². The Hall–Kier alpha value is -2.08. The number of carbonyl (C=O) groups is 1. The molecule has 0 aliphatic heterocycles. The number of H-pyrrole nitrogens is 1. The Kier molecular flexibility index (Phi) is 3.55. The van der Waals surface area contributed by atoms with E-state index in [0.717, 1.165) is 31.2 Å². The van der Waals surface area contributed by atoms with E-state index in [1.54, 1.807) is 25.2 Å². The van der Waals surface area contributed by atoms with Crippen LogP contribution in [0.4, 0.5) is 0 Å². The molecule has 1 aliphatic rings. The van der Waals surface area contributed by atoms with E-state index in [1.165, 1.54) is 4.57 Å². The van der Waals surface area contributed by atoms with Gasteiger partial charge in [0.1, 0.15) is 0 Å². The second-order valence-corrected chi connectivity index (χ2v) is 5.70. The Morgan fingerprint density at radius 3 is 2.76 bits per heavy atom. The van der Waals surface area contributed by atoms with Crippen molar-refractivity contribution in [3.05, 3.63) is 34.2 Å². The highest BCUT2D eigenvalue weighted by Gasteiger charge is 2.21. The molecule has 0 radical (unpaired) electrons. The summed E-state index contributed by atoms with van der Waals surface area (Å²) in [6.45, 7) is 0. The monoisotopic (exact) mass is 289 g/mol. The predicted octanol–water partition coefficient (Wildman–Crippen LogP) is 0.900. The van der Waals surface area contributed by atoms with Gasteiger partial charge in [-0.15, -0.1) is 0 Å². The second kappa shape index (κ2) is 5.37. The summed E-state index contributed by atoms with van der Waals surface area (Å²) < 4.78 is 1.51. The number of carbonyl (C=O) groups excluding carboxylic acids is 1. The minimum atomic E-state index is -0.233. The first kappa shape index (κ1) is 13.9. The molecule has 1 saturated carbocycles. The Bertz CT molecular complexity index is 723. The number of nitrogens with one attached hydrogen (secondary N) is 2. The molecule has 21 heavy (non-hydrogen) atoms. The molecule has 3 N–H and O–H groups in total. The van der Waals surface area contributed by atoms with E-state index in [2.05, 4.69) is 10.3 Å². The number of imidazole rings is 1. The third kappa shape index (κ3) is 2.71. The van der Waals surface area contributed by atoms with E-state index in [-0.39, 0.29) is 23.7 Å². The van der Waals surface area contributed by atoms with Gasteiger partial charge in [-0.25, -0.2) is 4.79 Å². The summed E-state index contributed by atoms with van der Waals surface area (Å²) in [4.78, 5) is 26.5. The molecule has 6 heteroatoms. The van der Waals surface area contributed by atoms with Crippen LogP contribution in [0.15, 0.2) is 23.0 Å². The summed E-state index contributed by atoms with van der Waals surface area (Å²) in [6, 6.07) is 5.31. The fourth-order valence-electron chi connectivity index (χ4n) is 2.87. The molecule has 1 heterocycles. The lowest BCUT2D eigenvalue weighted by Gasteiger charge is -2.26. The van der Waals surface area contributed by atoms with E-state index in [9.17, 15) is 14.7 Å². The zero-order valence-electron chi connectivity index (χ0n) is 11.9. The van der Waals surface area contributed by atoms with Crippen molar-refractivity contribution in [2.24, 2.45) is 7.05 Å². The standard InChI is InChI=1S/C15H19N3O3/c1-18-13-7-2-9(8-12(13)17-15(18)21)14(20)16-10-3-5-11(19)6-4-10/h2,7-8,10-11,19H,3-6H2,1H3,(H,16,20)(H,17,21). The van der Waals surface area contributed by atoms with Crippen LogP contribution in [-0.2, 0) is 7.05 Å². The topological polar surface area (TPSA) is 87.1 Å². The summed E-state index contributed by atoms with van der Waals surface area (Å²) in [7, 11) is 1.69. The molecule has 0 atom stereocenters. The fraction of sp³-hybridized carbons (Fsp3) is 0.467. The van der Waals surface area contributed by atoms with Crippen LogP contribution in [0, 0.1) is 0 Å². The van der Waals surface area contributed by atoms with Gasteiger partial charge in [0.05, 0.1) is 17.1 Å². The van der Waals surface area contributed by atoms with Crippen molar-refractivity contribution in [3.63, 3.8) is 0 Å². The number of fused-ring (bicyclic) bond motifs is 1. The number of aromatic amines is 1. The van der Waals surface area contributed by atoms with Crippen LogP contribution in [0.1, 0.15) is 36.0 Å². The number of nitrogens with zero attached hydrogens (tertiary/aromatic N) is 1. The first-order valence-electron chi connectivity index (χ1n) is 7.22. The van der Waals surface area contributed by atoms with E-state index < -0.39 is 0 Å². The Balaban J connectivity index is 1.77. The van der Waals surface area contributed by atoms with Crippen molar-refractivity contribution in [3.8, 4) is 0 Å². The van der Waals surface area contributed by atoms with Gasteiger partial charge in [0.25, 0.3) is 5.91 Å². The fourth-order valence-corrected chi connectivity index (χ4v) is 2.87. The zero-order chi connectivity index (χ0) is 15.0. The maximum atomic E-state index is 12.3. The van der Waals surface area contributed by atoms with Crippen LogP contribution in [0.2, 0.25) is 0 Å². The van der Waals surface area contributed by atoms with Crippen LogP contribution in [0.25, 0.3) is 11.0 Å². The molecule has 1 aromatic heterocycles. The molecule has 3 rings (SSSR count). The minimum absolute atomic E-state index is 0.117.